The van der Waals surface area contributed by atoms with Crippen LogP contribution < -0.4 is 5.32 Å². The van der Waals surface area contributed by atoms with Crippen LogP contribution in [0.15, 0.2) is 12.1 Å². The van der Waals surface area contributed by atoms with Crippen molar-refractivity contribution in [2.24, 2.45) is 5.92 Å². The monoisotopic (exact) mass is 310 g/mol. The van der Waals surface area contributed by atoms with Gasteiger partial charge in [-0.3, -0.25) is 10.1 Å². The molecule has 9 heteroatoms. The van der Waals surface area contributed by atoms with Crippen molar-refractivity contribution >= 4 is 11.4 Å². The number of rotatable bonds is 5. The molecule has 0 fully saturated rings. The second-order valence-electron chi connectivity index (χ2n) is 4.75. The maximum atomic E-state index is 13.8. The first-order valence-corrected chi connectivity index (χ1v) is 6.01. The molecule has 0 heterocycles. The smallest absolute Gasteiger partial charge is 0.394 e. The van der Waals surface area contributed by atoms with Gasteiger partial charge in [-0.2, -0.15) is 17.6 Å². The number of anilines is 1. The summed E-state index contributed by atoms with van der Waals surface area (Å²) in [5.74, 6) is -2.17. The summed E-state index contributed by atoms with van der Waals surface area (Å²) < 4.78 is 52.6. The molecule has 2 N–H and O–H groups in total. The van der Waals surface area contributed by atoms with E-state index in [1.54, 1.807) is 13.8 Å². The van der Waals surface area contributed by atoms with Gasteiger partial charge >= 0.3 is 11.9 Å². The summed E-state index contributed by atoms with van der Waals surface area (Å²) >= 11 is 0. The summed E-state index contributed by atoms with van der Waals surface area (Å²) in [7, 11) is 0. The van der Waals surface area contributed by atoms with Crippen molar-refractivity contribution in [2.75, 3.05) is 11.9 Å². The Balaban J connectivity index is 3.39. The molecule has 1 aromatic carbocycles. The Labute approximate surface area is 117 Å². The molecule has 0 bridgehead atoms. The zero-order valence-electron chi connectivity index (χ0n) is 11.2. The van der Waals surface area contributed by atoms with Gasteiger partial charge in [-0.25, -0.2) is 0 Å². The number of aliphatic hydroxyl groups is 1. The highest BCUT2D eigenvalue weighted by Gasteiger charge is 2.41. The third-order valence-corrected chi connectivity index (χ3v) is 2.94. The largest absolute Gasteiger partial charge is 0.421 e. The van der Waals surface area contributed by atoms with E-state index in [2.05, 4.69) is 5.32 Å². The summed E-state index contributed by atoms with van der Waals surface area (Å²) in [6.45, 7) is 2.85. The van der Waals surface area contributed by atoms with E-state index in [1.807, 2.05) is 0 Å². The topological polar surface area (TPSA) is 75.4 Å². The minimum atomic E-state index is -5.10. The first-order valence-electron chi connectivity index (χ1n) is 6.01. The van der Waals surface area contributed by atoms with Crippen LogP contribution in [0.3, 0.4) is 0 Å². The number of hydrogen-bond acceptors (Lipinski definition) is 4. The number of nitro groups is 1. The van der Waals surface area contributed by atoms with Crippen LogP contribution in [0.1, 0.15) is 19.4 Å². The van der Waals surface area contributed by atoms with Crippen LogP contribution in [0.4, 0.5) is 28.9 Å². The molecule has 1 atom stereocenters. The molecule has 5 nitrogen and oxygen atoms in total. The Morgan fingerprint density at radius 2 is 1.95 bits per heavy atom. The molecule has 0 aliphatic heterocycles. The lowest BCUT2D eigenvalue weighted by Gasteiger charge is -2.23. The van der Waals surface area contributed by atoms with Gasteiger partial charge in [0.2, 0.25) is 5.82 Å². The lowest BCUT2D eigenvalue weighted by molar-refractivity contribution is -0.387. The van der Waals surface area contributed by atoms with E-state index in [0.717, 1.165) is 6.07 Å². The zero-order chi connectivity index (χ0) is 16.4. The lowest BCUT2D eigenvalue weighted by Crippen LogP contribution is -2.31. The normalized spacial score (nSPS) is 13.3. The highest BCUT2D eigenvalue weighted by atomic mass is 19.4. The number of nitrogens with zero attached hydrogens (tertiary/aromatic N) is 1. The van der Waals surface area contributed by atoms with Gasteiger partial charge in [-0.05, 0) is 12.0 Å². The molecule has 0 spiro atoms. The Hall–Kier alpha value is -1.90. The first kappa shape index (κ1) is 17.2. The highest BCUT2D eigenvalue weighted by molar-refractivity contribution is 5.59. The quantitative estimate of drug-likeness (QED) is 0.497. The SMILES string of the molecule is CC(C)[C@H](CO)Nc1ccc([N+](=O)[O-])c(F)c1C(F)(F)F. The zero-order valence-corrected chi connectivity index (χ0v) is 11.2. The van der Waals surface area contributed by atoms with Crippen LogP contribution in [-0.4, -0.2) is 22.7 Å². The van der Waals surface area contributed by atoms with Crippen molar-refractivity contribution in [1.29, 1.82) is 0 Å². The minimum absolute atomic E-state index is 0.227. The highest BCUT2D eigenvalue weighted by Crippen LogP contribution is 2.40. The van der Waals surface area contributed by atoms with E-state index in [9.17, 15) is 27.7 Å². The number of nitrogens with one attached hydrogen (secondary N) is 1. The molecule has 118 valence electrons. The third kappa shape index (κ3) is 3.81. The van der Waals surface area contributed by atoms with Crippen LogP contribution in [0, 0.1) is 21.8 Å². The predicted molar refractivity (Wildman–Crippen MR) is 67.4 cm³/mol. The first-order chi connectivity index (χ1) is 9.59. The van der Waals surface area contributed by atoms with Crippen molar-refractivity contribution in [2.45, 2.75) is 26.1 Å². The number of aliphatic hydroxyl groups excluding tert-OH is 1. The van der Waals surface area contributed by atoms with Gasteiger partial charge in [0.1, 0.15) is 5.56 Å². The van der Waals surface area contributed by atoms with Crippen molar-refractivity contribution in [1.82, 2.24) is 0 Å². The van der Waals surface area contributed by atoms with E-state index >= 15 is 0 Å². The molecule has 0 saturated heterocycles. The maximum absolute atomic E-state index is 13.8. The second kappa shape index (κ2) is 6.25. The van der Waals surface area contributed by atoms with Crippen molar-refractivity contribution in [3.8, 4) is 0 Å². The molecule has 0 saturated carbocycles. The van der Waals surface area contributed by atoms with Gasteiger partial charge < -0.3 is 10.4 Å². The molecular formula is C12H14F4N2O3. The molecule has 0 aliphatic rings. The van der Waals surface area contributed by atoms with Gasteiger partial charge in [0.05, 0.1) is 23.3 Å². The Bertz CT molecular complexity index is 532. The van der Waals surface area contributed by atoms with E-state index in [1.165, 1.54) is 0 Å². The lowest BCUT2D eigenvalue weighted by atomic mass is 10.0. The fourth-order valence-electron chi connectivity index (χ4n) is 1.73. The van der Waals surface area contributed by atoms with Crippen molar-refractivity contribution < 1.29 is 27.6 Å². The van der Waals surface area contributed by atoms with Gasteiger partial charge in [0, 0.05) is 6.07 Å². The molecule has 21 heavy (non-hydrogen) atoms. The van der Waals surface area contributed by atoms with E-state index in [-0.39, 0.29) is 5.92 Å². The fourth-order valence-corrected chi connectivity index (χ4v) is 1.73. The van der Waals surface area contributed by atoms with E-state index in [4.69, 9.17) is 5.11 Å². The van der Waals surface area contributed by atoms with Crippen LogP contribution in [0.5, 0.6) is 0 Å². The number of alkyl halides is 3. The van der Waals surface area contributed by atoms with Gasteiger partial charge in [0.25, 0.3) is 0 Å². The van der Waals surface area contributed by atoms with E-state index in [0.29, 0.717) is 6.07 Å². The number of nitro benzene ring substituents is 1. The van der Waals surface area contributed by atoms with Crippen LogP contribution >= 0.6 is 0 Å². The summed E-state index contributed by atoms with van der Waals surface area (Å²) in [4.78, 5) is 9.31. The van der Waals surface area contributed by atoms with Crippen molar-refractivity contribution in [3.63, 3.8) is 0 Å². The molecule has 0 radical (unpaired) electrons. The average Bonchev–Trinajstić information content (AvgIpc) is 2.33. The molecule has 0 amide bonds. The molecule has 0 aromatic heterocycles. The van der Waals surface area contributed by atoms with Crippen molar-refractivity contribution in [3.05, 3.63) is 33.6 Å². The molecule has 0 aliphatic carbocycles. The summed E-state index contributed by atoms with van der Waals surface area (Å²) in [6, 6.07) is 0.698. The summed E-state index contributed by atoms with van der Waals surface area (Å²) in [5, 5.41) is 22.0. The van der Waals surface area contributed by atoms with Crippen LogP contribution in [-0.2, 0) is 6.18 Å². The van der Waals surface area contributed by atoms with Crippen LogP contribution in [0.25, 0.3) is 0 Å². The number of halogens is 4. The standard InChI is InChI=1S/C12H14F4N2O3/c1-6(2)8(5-19)17-7-3-4-9(18(20)21)11(13)10(7)12(14,15)16/h3-4,6,8,17,19H,5H2,1-2H3/t8-/m0/s1. The van der Waals surface area contributed by atoms with Gasteiger partial charge in [-0.1, -0.05) is 13.8 Å². The van der Waals surface area contributed by atoms with Crippen LogP contribution in [0.2, 0.25) is 0 Å². The Morgan fingerprint density at radius 1 is 1.38 bits per heavy atom. The van der Waals surface area contributed by atoms with Gasteiger partial charge in [-0.15, -0.1) is 0 Å². The van der Waals surface area contributed by atoms with E-state index < -0.39 is 46.5 Å². The third-order valence-electron chi connectivity index (χ3n) is 2.94. The average molecular weight is 310 g/mol. The number of hydrogen-bond donors (Lipinski definition) is 2. The Kier molecular flexibility index (Phi) is 5.10. The molecule has 1 aromatic rings. The second-order valence-corrected chi connectivity index (χ2v) is 4.75. The Morgan fingerprint density at radius 3 is 2.33 bits per heavy atom. The minimum Gasteiger partial charge on any atom is -0.394 e. The predicted octanol–water partition coefficient (Wildman–Crippen LogP) is 3.18. The summed E-state index contributed by atoms with van der Waals surface area (Å²) in [5.41, 5.74) is -3.63. The molecular weight excluding hydrogens is 296 g/mol. The molecule has 1 rings (SSSR count). The fraction of sp³-hybridized carbons (Fsp3) is 0.500. The molecule has 0 unspecified atom stereocenters. The van der Waals surface area contributed by atoms with Gasteiger partial charge in [0.15, 0.2) is 0 Å². The maximum Gasteiger partial charge on any atom is 0.421 e. The number of benzene rings is 1. The summed E-state index contributed by atoms with van der Waals surface area (Å²) in [6.07, 6.45) is -5.10.